The van der Waals surface area contributed by atoms with Crippen LogP contribution in [0.25, 0.3) is 22.8 Å². The summed E-state index contributed by atoms with van der Waals surface area (Å²) >= 11 is 0. The van der Waals surface area contributed by atoms with Crippen LogP contribution in [-0.4, -0.2) is 37.3 Å². The van der Waals surface area contributed by atoms with Crippen molar-refractivity contribution in [3.8, 4) is 28.5 Å². The first-order valence-electron chi connectivity index (χ1n) is 9.34. The van der Waals surface area contributed by atoms with E-state index in [4.69, 9.17) is 13.9 Å². The van der Waals surface area contributed by atoms with Crippen molar-refractivity contribution in [3.05, 3.63) is 60.3 Å². The van der Waals surface area contributed by atoms with Crippen LogP contribution in [0.15, 0.2) is 59.1 Å². The van der Waals surface area contributed by atoms with E-state index in [0.717, 1.165) is 30.8 Å². The fourth-order valence-corrected chi connectivity index (χ4v) is 3.26. The Balaban J connectivity index is 1.54. The Kier molecular flexibility index (Phi) is 5.39. The number of amides is 1. The van der Waals surface area contributed by atoms with Crippen molar-refractivity contribution >= 4 is 5.91 Å². The molecule has 1 N–H and O–H groups in total. The van der Waals surface area contributed by atoms with Crippen molar-refractivity contribution in [2.24, 2.45) is 0 Å². The summed E-state index contributed by atoms with van der Waals surface area (Å²) in [6.45, 7) is 1.28. The molecule has 1 aromatic heterocycles. The van der Waals surface area contributed by atoms with E-state index in [9.17, 15) is 4.79 Å². The monoisotopic (exact) mass is 378 g/mol. The zero-order valence-corrected chi connectivity index (χ0v) is 15.7. The number of methoxy groups -OCH3 is 1. The second kappa shape index (κ2) is 8.27. The Labute approximate surface area is 163 Å². The molecular formula is C22H22N2O4. The quantitative estimate of drug-likeness (QED) is 0.704. The Bertz CT molecular complexity index is 943. The standard InChI is InChI=1S/C22H22N2O4/c1-26-16-10-8-15(9-11-16)20-14-24-22(28-20)19-7-3-2-6-18(19)21(25)23-13-17-5-4-12-27-17/h2-3,6-11,14,17H,4-5,12-13H2,1H3,(H,23,25). The van der Waals surface area contributed by atoms with Crippen molar-refractivity contribution in [2.75, 3.05) is 20.3 Å². The van der Waals surface area contributed by atoms with Gasteiger partial charge in [-0.2, -0.15) is 0 Å². The zero-order chi connectivity index (χ0) is 19.3. The molecule has 0 bridgehead atoms. The lowest BCUT2D eigenvalue weighted by Crippen LogP contribution is -2.32. The fraction of sp³-hybridized carbons (Fsp3) is 0.273. The Hall–Kier alpha value is -3.12. The summed E-state index contributed by atoms with van der Waals surface area (Å²) in [6.07, 6.45) is 3.78. The highest BCUT2D eigenvalue weighted by Crippen LogP contribution is 2.29. The lowest BCUT2D eigenvalue weighted by atomic mass is 10.1. The van der Waals surface area contributed by atoms with E-state index in [0.29, 0.717) is 29.3 Å². The highest BCUT2D eigenvalue weighted by atomic mass is 16.5. The van der Waals surface area contributed by atoms with Crippen molar-refractivity contribution in [3.63, 3.8) is 0 Å². The van der Waals surface area contributed by atoms with Gasteiger partial charge in [0.05, 0.1) is 25.0 Å². The maximum atomic E-state index is 12.7. The number of carbonyl (C=O) groups is 1. The number of nitrogens with zero attached hydrogens (tertiary/aromatic N) is 1. The molecule has 2 aromatic carbocycles. The largest absolute Gasteiger partial charge is 0.497 e. The zero-order valence-electron chi connectivity index (χ0n) is 15.7. The third-order valence-electron chi connectivity index (χ3n) is 4.80. The van der Waals surface area contributed by atoms with Crippen molar-refractivity contribution < 1.29 is 18.7 Å². The van der Waals surface area contributed by atoms with Gasteiger partial charge >= 0.3 is 0 Å². The van der Waals surface area contributed by atoms with Gasteiger partial charge in [-0.3, -0.25) is 4.79 Å². The molecule has 1 aliphatic rings. The third-order valence-corrected chi connectivity index (χ3v) is 4.80. The molecule has 3 aromatic rings. The minimum atomic E-state index is -0.157. The van der Waals surface area contributed by atoms with Gasteiger partial charge in [-0.1, -0.05) is 12.1 Å². The fourth-order valence-electron chi connectivity index (χ4n) is 3.26. The third kappa shape index (κ3) is 3.92. The first kappa shape index (κ1) is 18.3. The highest BCUT2D eigenvalue weighted by molar-refractivity contribution is 6.00. The van der Waals surface area contributed by atoms with Crippen LogP contribution in [0.4, 0.5) is 0 Å². The van der Waals surface area contributed by atoms with Crippen LogP contribution < -0.4 is 10.1 Å². The lowest BCUT2D eigenvalue weighted by Gasteiger charge is -2.12. The van der Waals surface area contributed by atoms with Gasteiger partial charge in [0.1, 0.15) is 5.75 Å². The molecule has 144 valence electrons. The van der Waals surface area contributed by atoms with Gasteiger partial charge in [0.2, 0.25) is 5.89 Å². The number of oxazole rings is 1. The van der Waals surface area contributed by atoms with E-state index >= 15 is 0 Å². The van der Waals surface area contributed by atoms with Gasteiger partial charge in [0, 0.05) is 24.3 Å². The number of ether oxygens (including phenoxy) is 2. The Morgan fingerprint density at radius 1 is 1.21 bits per heavy atom. The molecule has 1 unspecified atom stereocenters. The van der Waals surface area contributed by atoms with Crippen molar-refractivity contribution in [2.45, 2.75) is 18.9 Å². The maximum absolute atomic E-state index is 12.7. The summed E-state index contributed by atoms with van der Waals surface area (Å²) in [5.74, 6) is 1.66. The summed E-state index contributed by atoms with van der Waals surface area (Å²) in [5, 5.41) is 2.95. The maximum Gasteiger partial charge on any atom is 0.252 e. The smallest absolute Gasteiger partial charge is 0.252 e. The predicted octanol–water partition coefficient (Wildman–Crippen LogP) is 3.93. The van der Waals surface area contributed by atoms with Crippen LogP contribution in [0.5, 0.6) is 5.75 Å². The molecule has 4 rings (SSSR count). The Morgan fingerprint density at radius 3 is 2.79 bits per heavy atom. The molecule has 1 atom stereocenters. The molecule has 1 amide bonds. The molecule has 0 saturated carbocycles. The van der Waals surface area contributed by atoms with Crippen LogP contribution in [0.2, 0.25) is 0 Å². The topological polar surface area (TPSA) is 73.6 Å². The molecule has 28 heavy (non-hydrogen) atoms. The van der Waals surface area contributed by atoms with E-state index < -0.39 is 0 Å². The Morgan fingerprint density at radius 2 is 2.04 bits per heavy atom. The number of aromatic nitrogens is 1. The normalized spacial score (nSPS) is 16.1. The van der Waals surface area contributed by atoms with Crippen molar-refractivity contribution in [1.29, 1.82) is 0 Å². The second-order valence-electron chi connectivity index (χ2n) is 6.65. The minimum Gasteiger partial charge on any atom is -0.497 e. The van der Waals surface area contributed by atoms with E-state index in [2.05, 4.69) is 10.3 Å². The molecule has 1 aliphatic heterocycles. The molecule has 0 aliphatic carbocycles. The summed E-state index contributed by atoms with van der Waals surface area (Å²) in [6, 6.07) is 14.9. The van der Waals surface area contributed by atoms with Crippen LogP contribution in [0.3, 0.4) is 0 Å². The highest BCUT2D eigenvalue weighted by Gasteiger charge is 2.20. The van der Waals surface area contributed by atoms with Crippen molar-refractivity contribution in [1.82, 2.24) is 10.3 Å². The van der Waals surface area contributed by atoms with E-state index in [1.54, 1.807) is 19.4 Å². The second-order valence-corrected chi connectivity index (χ2v) is 6.65. The van der Waals surface area contributed by atoms with Crippen LogP contribution in [0, 0.1) is 0 Å². The van der Waals surface area contributed by atoms with E-state index in [1.165, 1.54) is 0 Å². The lowest BCUT2D eigenvalue weighted by molar-refractivity contribution is 0.0858. The predicted molar refractivity (Wildman–Crippen MR) is 105 cm³/mol. The molecule has 0 radical (unpaired) electrons. The molecule has 1 saturated heterocycles. The SMILES string of the molecule is COc1ccc(-c2cnc(-c3ccccc3C(=O)NCC3CCCO3)o2)cc1. The van der Waals surface area contributed by atoms with E-state index in [-0.39, 0.29) is 12.0 Å². The first-order valence-corrected chi connectivity index (χ1v) is 9.34. The molecule has 2 heterocycles. The van der Waals surface area contributed by atoms with Crippen LogP contribution in [-0.2, 0) is 4.74 Å². The van der Waals surface area contributed by atoms with E-state index in [1.807, 2.05) is 42.5 Å². The summed E-state index contributed by atoms with van der Waals surface area (Å²) in [7, 11) is 1.63. The molecular weight excluding hydrogens is 356 g/mol. The van der Waals surface area contributed by atoms with Gasteiger partial charge in [0.25, 0.3) is 5.91 Å². The molecule has 6 heteroatoms. The number of hydrogen-bond donors (Lipinski definition) is 1. The van der Waals surface area contributed by atoms with Gasteiger partial charge < -0.3 is 19.2 Å². The number of nitrogens with one attached hydrogen (secondary N) is 1. The number of benzene rings is 2. The summed E-state index contributed by atoms with van der Waals surface area (Å²) in [5.41, 5.74) is 2.08. The van der Waals surface area contributed by atoms with Gasteiger partial charge in [-0.25, -0.2) is 4.98 Å². The number of rotatable bonds is 6. The molecule has 1 fully saturated rings. The molecule has 6 nitrogen and oxygen atoms in total. The van der Waals surface area contributed by atoms with Crippen LogP contribution >= 0.6 is 0 Å². The summed E-state index contributed by atoms with van der Waals surface area (Å²) < 4.78 is 16.7. The number of carbonyl (C=O) groups excluding carboxylic acids is 1. The summed E-state index contributed by atoms with van der Waals surface area (Å²) in [4.78, 5) is 17.1. The average molecular weight is 378 g/mol. The minimum absolute atomic E-state index is 0.0968. The first-order chi connectivity index (χ1) is 13.7. The van der Waals surface area contributed by atoms with Gasteiger partial charge in [0.15, 0.2) is 5.76 Å². The van der Waals surface area contributed by atoms with Gasteiger partial charge in [-0.15, -0.1) is 0 Å². The number of hydrogen-bond acceptors (Lipinski definition) is 5. The van der Waals surface area contributed by atoms with Gasteiger partial charge in [-0.05, 0) is 49.2 Å². The average Bonchev–Trinajstić information content (AvgIpc) is 3.44. The van der Waals surface area contributed by atoms with Crippen LogP contribution in [0.1, 0.15) is 23.2 Å². The molecule has 0 spiro atoms.